The first-order chi connectivity index (χ1) is 22.2. The average molecular weight is 626 g/mol. The Balaban J connectivity index is 1.20. The summed E-state index contributed by atoms with van der Waals surface area (Å²) in [6.07, 6.45) is 17.5. The number of carbonyl (C=O) groups excluding carboxylic acids is 1. The molecule has 4 aliphatic rings. The maximum atomic E-state index is 12.6. The van der Waals surface area contributed by atoms with Gasteiger partial charge in [-0.2, -0.15) is 10.2 Å². The number of piperidine rings is 1. The summed E-state index contributed by atoms with van der Waals surface area (Å²) in [7, 11) is 1.98. The number of carbonyl (C=O) groups is 1. The summed E-state index contributed by atoms with van der Waals surface area (Å²) in [6.45, 7) is 13.6. The molecule has 0 bridgehead atoms. The molecule has 0 radical (unpaired) electrons. The van der Waals surface area contributed by atoms with Gasteiger partial charge in [-0.1, -0.05) is 33.1 Å². The second-order valence-corrected chi connectivity index (χ2v) is 15.6. The van der Waals surface area contributed by atoms with Crippen LogP contribution in [0.15, 0.2) is 24.5 Å². The van der Waals surface area contributed by atoms with Crippen LogP contribution in [0.25, 0.3) is 11.1 Å². The van der Waals surface area contributed by atoms with Crippen LogP contribution in [-0.2, 0) is 31.2 Å². The highest BCUT2D eigenvalue weighted by molar-refractivity contribution is 5.77. The second-order valence-electron chi connectivity index (χ2n) is 15.6. The highest BCUT2D eigenvalue weighted by Crippen LogP contribution is 2.44. The molecule has 8 nitrogen and oxygen atoms in total. The summed E-state index contributed by atoms with van der Waals surface area (Å²) in [5.74, 6) is 2.88. The Hall–Kier alpha value is -3.13. The molecule has 3 aromatic rings. The molecule has 3 aliphatic heterocycles. The smallest absolute Gasteiger partial charge is 0.219 e. The molecule has 0 spiro atoms. The van der Waals surface area contributed by atoms with Crippen LogP contribution in [-0.4, -0.2) is 56.5 Å². The minimum atomic E-state index is 0.162. The molecule has 46 heavy (non-hydrogen) atoms. The number of benzene rings is 1. The molecule has 3 atom stereocenters. The van der Waals surface area contributed by atoms with Crippen molar-refractivity contribution in [2.75, 3.05) is 31.1 Å². The van der Waals surface area contributed by atoms with Crippen molar-refractivity contribution in [2.45, 2.75) is 111 Å². The summed E-state index contributed by atoms with van der Waals surface area (Å²) in [4.78, 5) is 17.1. The lowest BCUT2D eigenvalue weighted by Crippen LogP contribution is -2.43. The lowest BCUT2D eigenvalue weighted by molar-refractivity contribution is -0.129. The number of hydrogen-bond acceptors (Lipinski definition) is 5. The van der Waals surface area contributed by atoms with E-state index < -0.39 is 0 Å². The molecule has 1 aliphatic carbocycles. The van der Waals surface area contributed by atoms with Crippen LogP contribution in [0.4, 0.5) is 11.5 Å². The zero-order valence-electron chi connectivity index (χ0n) is 28.9. The fraction of sp³-hybridized carbons (Fsp3) is 0.658. The highest BCUT2D eigenvalue weighted by atomic mass is 16.2. The van der Waals surface area contributed by atoms with Gasteiger partial charge in [-0.05, 0) is 104 Å². The minimum absolute atomic E-state index is 0.162. The molecule has 3 unspecified atom stereocenters. The van der Waals surface area contributed by atoms with Crippen molar-refractivity contribution in [1.29, 1.82) is 0 Å². The lowest BCUT2D eigenvalue weighted by Gasteiger charge is -2.41. The normalized spacial score (nSPS) is 25.0. The van der Waals surface area contributed by atoms with Crippen molar-refractivity contribution < 1.29 is 4.79 Å². The number of fused-ring (bicyclic) bond motifs is 2. The Morgan fingerprint density at radius 1 is 1.04 bits per heavy atom. The molecular formula is C38H55N7O. The Bertz CT molecular complexity index is 1570. The van der Waals surface area contributed by atoms with Crippen LogP contribution in [0.3, 0.4) is 0 Å². The second kappa shape index (κ2) is 12.8. The first-order valence-corrected chi connectivity index (χ1v) is 18.1. The standard InChI is InChI=1S/C38H55N7O/c1-26-19-36-29(21-33(26)30-22-40-42(5)23-30)10-8-17-44(36)37-34-24-43(27(2)46)18-15-35(34)45(41-37)32-11-7-6-9-28(12-13-32)20-31-14-16-39-25-38(31,3)4/h19,21-23,28,31-32,39H,6-18,20,24-25H2,1-5H3. The van der Waals surface area contributed by atoms with Gasteiger partial charge in [-0.15, -0.1) is 0 Å². The van der Waals surface area contributed by atoms with Crippen LogP contribution in [0.1, 0.15) is 107 Å². The molecule has 5 heterocycles. The van der Waals surface area contributed by atoms with E-state index >= 15 is 0 Å². The maximum Gasteiger partial charge on any atom is 0.219 e. The fourth-order valence-electron chi connectivity index (χ4n) is 9.12. The van der Waals surface area contributed by atoms with E-state index in [1.807, 2.05) is 22.8 Å². The predicted octanol–water partition coefficient (Wildman–Crippen LogP) is 7.12. The summed E-state index contributed by atoms with van der Waals surface area (Å²) in [5.41, 5.74) is 9.41. The van der Waals surface area contributed by atoms with E-state index in [1.165, 1.54) is 97.1 Å². The van der Waals surface area contributed by atoms with Crippen molar-refractivity contribution in [1.82, 2.24) is 29.8 Å². The van der Waals surface area contributed by atoms with Gasteiger partial charge in [0.15, 0.2) is 5.82 Å². The topological polar surface area (TPSA) is 71.2 Å². The predicted molar refractivity (Wildman–Crippen MR) is 185 cm³/mol. The van der Waals surface area contributed by atoms with E-state index in [2.05, 4.69) is 59.1 Å². The van der Waals surface area contributed by atoms with Gasteiger partial charge in [0, 0.05) is 68.7 Å². The van der Waals surface area contributed by atoms with Gasteiger partial charge in [0.05, 0.1) is 18.8 Å². The SMILES string of the molecule is CC(=O)N1CCc2c(c(N3CCCc4cc(-c5cnn(C)c5)c(C)cc43)nn2C2CCCCC(CC3CCNCC3(C)C)CC2)C1. The van der Waals surface area contributed by atoms with E-state index in [4.69, 9.17) is 5.10 Å². The molecule has 1 amide bonds. The van der Waals surface area contributed by atoms with Gasteiger partial charge in [0.1, 0.15) is 0 Å². The van der Waals surface area contributed by atoms with E-state index in [9.17, 15) is 4.79 Å². The van der Waals surface area contributed by atoms with Crippen molar-refractivity contribution in [3.05, 3.63) is 46.9 Å². The Morgan fingerprint density at radius 3 is 2.67 bits per heavy atom. The van der Waals surface area contributed by atoms with Crippen LogP contribution in [0.2, 0.25) is 0 Å². The molecule has 1 saturated heterocycles. The zero-order valence-corrected chi connectivity index (χ0v) is 28.9. The molecule has 1 aromatic carbocycles. The number of nitrogens with zero attached hydrogens (tertiary/aromatic N) is 6. The molecule has 2 fully saturated rings. The minimum Gasteiger partial charge on any atom is -0.338 e. The molecule has 2 aromatic heterocycles. The van der Waals surface area contributed by atoms with Crippen LogP contribution >= 0.6 is 0 Å². The third-order valence-corrected chi connectivity index (χ3v) is 12.0. The van der Waals surface area contributed by atoms with E-state index in [0.29, 0.717) is 18.0 Å². The Morgan fingerprint density at radius 2 is 1.89 bits per heavy atom. The average Bonchev–Trinajstić information content (AvgIpc) is 3.62. The Labute approximate surface area is 275 Å². The third-order valence-electron chi connectivity index (χ3n) is 12.0. The number of aryl methyl sites for hydroxylation is 3. The fourth-order valence-corrected chi connectivity index (χ4v) is 9.12. The maximum absolute atomic E-state index is 12.6. The van der Waals surface area contributed by atoms with Gasteiger partial charge < -0.3 is 15.1 Å². The first kappa shape index (κ1) is 31.5. The zero-order chi connectivity index (χ0) is 32.0. The monoisotopic (exact) mass is 625 g/mol. The molecule has 8 heteroatoms. The highest BCUT2D eigenvalue weighted by Gasteiger charge is 2.36. The van der Waals surface area contributed by atoms with Gasteiger partial charge >= 0.3 is 0 Å². The van der Waals surface area contributed by atoms with Crippen LogP contribution < -0.4 is 10.2 Å². The summed E-state index contributed by atoms with van der Waals surface area (Å²) >= 11 is 0. The van der Waals surface area contributed by atoms with Gasteiger partial charge in [-0.25, -0.2) is 0 Å². The van der Waals surface area contributed by atoms with Gasteiger partial charge in [-0.3, -0.25) is 14.2 Å². The van der Waals surface area contributed by atoms with Crippen molar-refractivity contribution >= 4 is 17.4 Å². The molecule has 1 saturated carbocycles. The summed E-state index contributed by atoms with van der Waals surface area (Å²) in [6, 6.07) is 5.20. The van der Waals surface area contributed by atoms with E-state index in [1.54, 1.807) is 6.92 Å². The molecule has 1 N–H and O–H groups in total. The van der Waals surface area contributed by atoms with Crippen molar-refractivity contribution in [3.63, 3.8) is 0 Å². The van der Waals surface area contributed by atoms with Crippen molar-refractivity contribution in [2.24, 2.45) is 24.3 Å². The van der Waals surface area contributed by atoms with Crippen molar-refractivity contribution in [3.8, 4) is 11.1 Å². The largest absolute Gasteiger partial charge is 0.338 e. The number of nitrogens with one attached hydrogen (secondary N) is 1. The number of amides is 1. The summed E-state index contributed by atoms with van der Waals surface area (Å²) in [5, 5.41) is 13.6. The number of hydrogen-bond donors (Lipinski definition) is 1. The third kappa shape index (κ3) is 6.14. The summed E-state index contributed by atoms with van der Waals surface area (Å²) < 4.78 is 4.34. The van der Waals surface area contributed by atoms with Crippen LogP contribution in [0, 0.1) is 24.2 Å². The van der Waals surface area contributed by atoms with Gasteiger partial charge in [0.25, 0.3) is 0 Å². The molecule has 7 rings (SSSR count). The Kier molecular flexibility index (Phi) is 8.77. The number of rotatable bonds is 5. The molecule has 248 valence electrons. The number of aromatic nitrogens is 4. The quantitative estimate of drug-likeness (QED) is 0.327. The van der Waals surface area contributed by atoms with Gasteiger partial charge in [0.2, 0.25) is 5.91 Å². The van der Waals surface area contributed by atoms with Crippen LogP contribution in [0.5, 0.6) is 0 Å². The lowest BCUT2D eigenvalue weighted by atomic mass is 9.69. The number of anilines is 2. The van der Waals surface area contributed by atoms with E-state index in [0.717, 1.165) is 56.6 Å². The molecular weight excluding hydrogens is 570 g/mol. The first-order valence-electron chi connectivity index (χ1n) is 18.1. The van der Waals surface area contributed by atoms with E-state index in [-0.39, 0.29) is 5.91 Å².